The summed E-state index contributed by atoms with van der Waals surface area (Å²) in [6.45, 7) is -0.113. The van der Waals surface area contributed by atoms with Gasteiger partial charge in [0.1, 0.15) is 6.54 Å². The van der Waals surface area contributed by atoms with E-state index >= 15 is 0 Å². The molecule has 0 saturated carbocycles. The molecule has 0 spiro atoms. The zero-order chi connectivity index (χ0) is 14.4. The third kappa shape index (κ3) is 3.68. The molecule has 1 N–H and O–H groups in total. The highest BCUT2D eigenvalue weighted by atomic mass is 32.1. The van der Waals surface area contributed by atoms with Crippen LogP contribution in [-0.2, 0) is 16.0 Å². The molecule has 1 aromatic carbocycles. The van der Waals surface area contributed by atoms with Gasteiger partial charge in [-0.3, -0.25) is 9.59 Å². The third-order valence-corrected chi connectivity index (χ3v) is 3.77. The molecule has 1 amide bonds. The summed E-state index contributed by atoms with van der Waals surface area (Å²) < 4.78 is 4.49. The second kappa shape index (κ2) is 6.86. The molecule has 0 aliphatic heterocycles. The van der Waals surface area contributed by atoms with Gasteiger partial charge in [-0.1, -0.05) is 30.3 Å². The molecule has 104 valence electrons. The van der Waals surface area contributed by atoms with Crippen LogP contribution in [0.15, 0.2) is 41.8 Å². The Kier molecular flexibility index (Phi) is 4.90. The smallest absolute Gasteiger partial charge is 0.325 e. The summed E-state index contributed by atoms with van der Waals surface area (Å²) in [5, 5.41) is 4.44. The zero-order valence-corrected chi connectivity index (χ0v) is 11.9. The Labute approximate surface area is 121 Å². The van der Waals surface area contributed by atoms with Crippen LogP contribution in [0.2, 0.25) is 0 Å². The first-order chi connectivity index (χ1) is 9.70. The Morgan fingerprint density at radius 2 is 1.95 bits per heavy atom. The number of esters is 1. The number of carbonyl (C=O) groups is 2. The Morgan fingerprint density at radius 1 is 1.20 bits per heavy atom. The Bertz CT molecular complexity index is 592. The highest BCUT2D eigenvalue weighted by Crippen LogP contribution is 2.20. The second-order valence-corrected chi connectivity index (χ2v) is 5.11. The van der Waals surface area contributed by atoms with E-state index in [0.29, 0.717) is 11.3 Å². The van der Waals surface area contributed by atoms with E-state index in [2.05, 4.69) is 10.1 Å². The molecule has 0 atom stereocenters. The molecule has 0 radical (unpaired) electrons. The molecule has 0 aliphatic rings. The number of benzene rings is 1. The minimum Gasteiger partial charge on any atom is -0.468 e. The number of carbonyl (C=O) groups excluding carboxylic acids is 2. The van der Waals surface area contributed by atoms with Gasteiger partial charge in [-0.2, -0.15) is 0 Å². The summed E-state index contributed by atoms with van der Waals surface area (Å²) in [6.07, 6.45) is 0.700. The zero-order valence-electron chi connectivity index (χ0n) is 11.1. The second-order valence-electron chi connectivity index (χ2n) is 4.20. The minimum absolute atomic E-state index is 0.113. The number of methoxy groups -OCH3 is 1. The van der Waals surface area contributed by atoms with Crippen molar-refractivity contribution in [2.24, 2.45) is 0 Å². The Hall–Kier alpha value is -2.14. The molecule has 1 heterocycles. The number of hydrogen-bond donors (Lipinski definition) is 1. The van der Waals surface area contributed by atoms with Gasteiger partial charge in [0.15, 0.2) is 0 Å². The summed E-state index contributed by atoms with van der Waals surface area (Å²) in [5.74, 6) is -0.698. The van der Waals surface area contributed by atoms with Crippen molar-refractivity contribution < 1.29 is 14.3 Å². The summed E-state index contributed by atoms with van der Waals surface area (Å²) in [5.41, 5.74) is 2.11. The summed E-state index contributed by atoms with van der Waals surface area (Å²) in [6, 6.07) is 11.9. The molecule has 2 aromatic rings. The summed E-state index contributed by atoms with van der Waals surface area (Å²) >= 11 is 1.37. The average molecular weight is 289 g/mol. The Morgan fingerprint density at radius 3 is 2.65 bits per heavy atom. The number of thiophene rings is 1. The molecule has 0 unspecified atom stereocenters. The number of ether oxygens (including phenoxy) is 1. The molecule has 0 aliphatic carbocycles. The van der Waals surface area contributed by atoms with Crippen LogP contribution in [-0.4, -0.2) is 25.5 Å². The molecule has 0 fully saturated rings. The number of rotatable bonds is 5. The maximum Gasteiger partial charge on any atom is 0.325 e. The fraction of sp³-hybridized carbons (Fsp3) is 0.200. The van der Waals surface area contributed by atoms with E-state index < -0.39 is 5.97 Å². The fourth-order valence-electron chi connectivity index (χ4n) is 1.79. The molecule has 0 saturated heterocycles. The largest absolute Gasteiger partial charge is 0.468 e. The van der Waals surface area contributed by atoms with Crippen molar-refractivity contribution in [2.45, 2.75) is 6.42 Å². The van der Waals surface area contributed by atoms with E-state index in [4.69, 9.17) is 0 Å². The van der Waals surface area contributed by atoms with Crippen LogP contribution >= 0.6 is 11.3 Å². The van der Waals surface area contributed by atoms with Gasteiger partial charge in [-0.15, -0.1) is 11.3 Å². The van der Waals surface area contributed by atoms with Crippen LogP contribution in [0.3, 0.4) is 0 Å². The van der Waals surface area contributed by atoms with Crippen molar-refractivity contribution in [3.63, 3.8) is 0 Å². The maximum atomic E-state index is 12.0. The predicted octanol–water partition coefficient (Wildman–Crippen LogP) is 2.24. The number of nitrogens with one attached hydrogen (secondary N) is 1. The van der Waals surface area contributed by atoms with Crippen LogP contribution in [0, 0.1) is 0 Å². The van der Waals surface area contributed by atoms with E-state index in [1.54, 1.807) is 0 Å². The van der Waals surface area contributed by atoms with Gasteiger partial charge in [-0.25, -0.2) is 0 Å². The first kappa shape index (κ1) is 14.3. The van der Waals surface area contributed by atoms with Crippen molar-refractivity contribution in [3.8, 4) is 0 Å². The van der Waals surface area contributed by atoms with Gasteiger partial charge in [0.2, 0.25) is 0 Å². The first-order valence-electron chi connectivity index (χ1n) is 6.16. The van der Waals surface area contributed by atoms with Crippen molar-refractivity contribution in [1.29, 1.82) is 0 Å². The molecule has 20 heavy (non-hydrogen) atoms. The molecule has 4 nitrogen and oxygen atoms in total. The molecule has 1 aromatic heterocycles. The fourth-order valence-corrected chi connectivity index (χ4v) is 2.63. The van der Waals surface area contributed by atoms with Crippen LogP contribution in [0.5, 0.6) is 0 Å². The van der Waals surface area contributed by atoms with Crippen LogP contribution in [0.1, 0.15) is 20.8 Å². The van der Waals surface area contributed by atoms with E-state index in [1.165, 1.54) is 18.4 Å². The average Bonchev–Trinajstić information content (AvgIpc) is 2.93. The summed E-state index contributed by atoms with van der Waals surface area (Å²) in [7, 11) is 1.29. The van der Waals surface area contributed by atoms with Crippen LogP contribution in [0.25, 0.3) is 0 Å². The maximum absolute atomic E-state index is 12.0. The highest BCUT2D eigenvalue weighted by Gasteiger charge is 2.14. The van der Waals surface area contributed by atoms with E-state index in [1.807, 2.05) is 41.8 Å². The lowest BCUT2D eigenvalue weighted by molar-refractivity contribution is -0.139. The van der Waals surface area contributed by atoms with Gasteiger partial charge in [0.25, 0.3) is 5.91 Å². The Balaban J connectivity index is 2.04. The monoisotopic (exact) mass is 289 g/mol. The van der Waals surface area contributed by atoms with E-state index in [-0.39, 0.29) is 12.5 Å². The van der Waals surface area contributed by atoms with Gasteiger partial charge in [-0.05, 0) is 29.0 Å². The molecular weight excluding hydrogens is 274 g/mol. The lowest BCUT2D eigenvalue weighted by Crippen LogP contribution is -2.30. The lowest BCUT2D eigenvalue weighted by Gasteiger charge is -2.05. The minimum atomic E-state index is -0.459. The molecule has 5 heteroatoms. The van der Waals surface area contributed by atoms with Gasteiger partial charge >= 0.3 is 5.97 Å². The van der Waals surface area contributed by atoms with Crippen LogP contribution < -0.4 is 5.32 Å². The quantitative estimate of drug-likeness (QED) is 0.859. The highest BCUT2D eigenvalue weighted by molar-refractivity contribution is 7.12. The van der Waals surface area contributed by atoms with Crippen molar-refractivity contribution in [2.75, 3.05) is 13.7 Å². The number of amides is 1. The van der Waals surface area contributed by atoms with Gasteiger partial charge in [0, 0.05) is 0 Å². The van der Waals surface area contributed by atoms with E-state index in [0.717, 1.165) is 11.1 Å². The lowest BCUT2D eigenvalue weighted by atomic mass is 10.1. The van der Waals surface area contributed by atoms with Crippen molar-refractivity contribution in [3.05, 3.63) is 57.8 Å². The van der Waals surface area contributed by atoms with Crippen molar-refractivity contribution in [1.82, 2.24) is 5.32 Å². The van der Waals surface area contributed by atoms with Crippen molar-refractivity contribution >= 4 is 23.2 Å². The molecule has 0 bridgehead atoms. The van der Waals surface area contributed by atoms with Gasteiger partial charge in [0.05, 0.1) is 12.0 Å². The normalized spacial score (nSPS) is 10.1. The molecule has 2 rings (SSSR count). The van der Waals surface area contributed by atoms with E-state index in [9.17, 15) is 9.59 Å². The number of hydrogen-bond acceptors (Lipinski definition) is 4. The SMILES string of the molecule is COC(=O)CNC(=O)c1sccc1Cc1ccccc1. The topological polar surface area (TPSA) is 55.4 Å². The summed E-state index contributed by atoms with van der Waals surface area (Å²) in [4.78, 5) is 23.7. The predicted molar refractivity (Wildman–Crippen MR) is 77.9 cm³/mol. The third-order valence-electron chi connectivity index (χ3n) is 2.81. The molecular formula is C15H15NO3S. The van der Waals surface area contributed by atoms with Gasteiger partial charge < -0.3 is 10.1 Å². The first-order valence-corrected chi connectivity index (χ1v) is 7.04. The van der Waals surface area contributed by atoms with Crippen LogP contribution in [0.4, 0.5) is 0 Å². The standard InChI is InChI=1S/C15H15NO3S/c1-19-13(17)10-16-15(18)14-12(7-8-20-14)9-11-5-3-2-4-6-11/h2-8H,9-10H2,1H3,(H,16,18).